The van der Waals surface area contributed by atoms with Gasteiger partial charge in [-0.15, -0.1) is 0 Å². The van der Waals surface area contributed by atoms with Crippen molar-refractivity contribution in [1.82, 2.24) is 4.57 Å². The van der Waals surface area contributed by atoms with Crippen LogP contribution in [0.25, 0.3) is 10.9 Å². The molecule has 0 amide bonds. The van der Waals surface area contributed by atoms with Crippen molar-refractivity contribution in [2.75, 3.05) is 13.2 Å². The molecule has 4 rings (SSSR count). The lowest BCUT2D eigenvalue weighted by molar-refractivity contribution is -0.142. The molecule has 0 atom stereocenters. The average molecular weight is 526 g/mol. The van der Waals surface area contributed by atoms with Crippen molar-refractivity contribution in [3.63, 3.8) is 0 Å². The average Bonchev–Trinajstić information content (AvgIpc) is 3.24. The molecule has 3 aromatic carbocycles. The van der Waals surface area contributed by atoms with Gasteiger partial charge in [0.25, 0.3) is 0 Å². The Balaban J connectivity index is 1.33. The summed E-state index contributed by atoms with van der Waals surface area (Å²) < 4.78 is 13.9. The normalized spacial score (nSPS) is 12.1. The van der Waals surface area contributed by atoms with E-state index < -0.39 is 8.07 Å². The standard InChI is InChI=1S/C33H39NO3Si/c1-38(2,3)26-29(18-20-36-25-28-14-8-5-9-15-28)22-33(35)37-21-19-30-24-34(23-27-12-6-4-7-13-27)32-17-11-10-16-31(30)32/h4-18,24H,19-23,25-26H2,1-3H3/b29-18-. The number of para-hydroxylation sites is 1. The van der Waals surface area contributed by atoms with E-state index in [9.17, 15) is 4.79 Å². The zero-order valence-electron chi connectivity index (χ0n) is 22.9. The highest BCUT2D eigenvalue weighted by Gasteiger charge is 2.18. The number of aromatic nitrogens is 1. The molecule has 0 fully saturated rings. The fourth-order valence-corrected chi connectivity index (χ4v) is 6.39. The zero-order chi connectivity index (χ0) is 26.8. The van der Waals surface area contributed by atoms with Crippen LogP contribution in [0.15, 0.2) is 103 Å². The number of benzene rings is 3. The van der Waals surface area contributed by atoms with Crippen molar-refractivity contribution < 1.29 is 14.3 Å². The SMILES string of the molecule is C[Si](C)(C)C/C(=C\COCc1ccccc1)CC(=O)OCCc1cn(Cc2ccccc2)c2ccccc12. The van der Waals surface area contributed by atoms with Gasteiger partial charge in [0, 0.05) is 38.1 Å². The number of ether oxygens (including phenoxy) is 2. The topological polar surface area (TPSA) is 40.5 Å². The van der Waals surface area contributed by atoms with Crippen molar-refractivity contribution in [3.05, 3.63) is 119 Å². The first kappa shape index (κ1) is 27.6. The second kappa shape index (κ2) is 13.4. The van der Waals surface area contributed by atoms with Crippen LogP contribution in [0, 0.1) is 0 Å². The zero-order valence-corrected chi connectivity index (χ0v) is 23.9. The third kappa shape index (κ3) is 8.57. The minimum atomic E-state index is -1.39. The van der Waals surface area contributed by atoms with Crippen molar-refractivity contribution >= 4 is 24.9 Å². The van der Waals surface area contributed by atoms with Crippen molar-refractivity contribution in [2.24, 2.45) is 0 Å². The lowest BCUT2D eigenvalue weighted by atomic mass is 10.1. The molecule has 5 heteroatoms. The molecule has 0 radical (unpaired) electrons. The summed E-state index contributed by atoms with van der Waals surface area (Å²) in [5.74, 6) is -0.161. The fourth-order valence-electron chi connectivity index (χ4n) is 4.76. The first-order valence-corrected chi connectivity index (χ1v) is 17.1. The van der Waals surface area contributed by atoms with Crippen LogP contribution in [-0.4, -0.2) is 31.8 Å². The Hall–Kier alpha value is -3.41. The second-order valence-electron chi connectivity index (χ2n) is 11.0. The Bertz CT molecular complexity index is 1340. The molecule has 0 aliphatic heterocycles. The van der Waals surface area contributed by atoms with E-state index in [1.807, 2.05) is 24.3 Å². The molecule has 0 unspecified atom stereocenters. The van der Waals surface area contributed by atoms with Gasteiger partial charge in [-0.25, -0.2) is 0 Å². The Labute approximate surface area is 227 Å². The van der Waals surface area contributed by atoms with Gasteiger partial charge in [0.2, 0.25) is 0 Å². The summed E-state index contributed by atoms with van der Waals surface area (Å²) in [5.41, 5.74) is 5.95. The molecule has 0 saturated heterocycles. The minimum Gasteiger partial charge on any atom is -0.465 e. The van der Waals surface area contributed by atoms with Gasteiger partial charge in [-0.2, -0.15) is 0 Å². The molecule has 0 bridgehead atoms. The third-order valence-electron chi connectivity index (χ3n) is 6.43. The van der Waals surface area contributed by atoms with Gasteiger partial charge in [-0.1, -0.05) is 110 Å². The van der Waals surface area contributed by atoms with Crippen molar-refractivity contribution in [3.8, 4) is 0 Å². The molecule has 38 heavy (non-hydrogen) atoms. The summed E-state index contributed by atoms with van der Waals surface area (Å²) in [7, 11) is -1.39. The van der Waals surface area contributed by atoms with E-state index in [0.29, 0.717) is 32.7 Å². The van der Waals surface area contributed by atoms with E-state index in [1.165, 1.54) is 22.0 Å². The minimum absolute atomic E-state index is 0.161. The lowest BCUT2D eigenvalue weighted by Gasteiger charge is -2.18. The van der Waals surface area contributed by atoms with Gasteiger partial charge in [0.15, 0.2) is 0 Å². The molecule has 0 spiro atoms. The van der Waals surface area contributed by atoms with Crippen LogP contribution >= 0.6 is 0 Å². The van der Waals surface area contributed by atoms with E-state index >= 15 is 0 Å². The highest BCUT2D eigenvalue weighted by Crippen LogP contribution is 2.24. The van der Waals surface area contributed by atoms with Crippen molar-refractivity contribution in [2.45, 2.75) is 51.7 Å². The molecule has 0 aliphatic rings. The number of hydrogen-bond acceptors (Lipinski definition) is 3. The van der Waals surface area contributed by atoms with Gasteiger partial charge in [-0.05, 0) is 28.8 Å². The maximum absolute atomic E-state index is 12.8. The largest absolute Gasteiger partial charge is 0.465 e. The van der Waals surface area contributed by atoms with Crippen LogP contribution in [0.4, 0.5) is 0 Å². The summed E-state index contributed by atoms with van der Waals surface area (Å²) in [4.78, 5) is 12.8. The van der Waals surface area contributed by atoms with Gasteiger partial charge < -0.3 is 14.0 Å². The molecule has 1 heterocycles. The Kier molecular flexibility index (Phi) is 9.74. The van der Waals surface area contributed by atoms with Crippen LogP contribution in [0.1, 0.15) is 23.1 Å². The molecule has 4 nitrogen and oxygen atoms in total. The van der Waals surface area contributed by atoms with Gasteiger partial charge >= 0.3 is 5.97 Å². The van der Waals surface area contributed by atoms with Gasteiger partial charge in [0.1, 0.15) is 0 Å². The van der Waals surface area contributed by atoms with Crippen molar-refractivity contribution in [1.29, 1.82) is 0 Å². The maximum Gasteiger partial charge on any atom is 0.309 e. The lowest BCUT2D eigenvalue weighted by Crippen LogP contribution is -2.21. The van der Waals surface area contributed by atoms with Crippen LogP contribution in [0.3, 0.4) is 0 Å². The van der Waals surface area contributed by atoms with Crippen LogP contribution in [0.2, 0.25) is 25.7 Å². The van der Waals surface area contributed by atoms with E-state index in [0.717, 1.165) is 23.7 Å². The monoisotopic (exact) mass is 525 g/mol. The van der Waals surface area contributed by atoms with Gasteiger partial charge in [0.05, 0.1) is 26.2 Å². The summed E-state index contributed by atoms with van der Waals surface area (Å²) >= 11 is 0. The molecule has 1 aromatic heterocycles. The Morgan fingerprint density at radius 3 is 2.24 bits per heavy atom. The number of carbonyl (C=O) groups is 1. The summed E-state index contributed by atoms with van der Waals surface area (Å²) in [5, 5.41) is 1.22. The number of hydrogen-bond donors (Lipinski definition) is 0. The van der Waals surface area contributed by atoms with E-state index in [-0.39, 0.29) is 5.97 Å². The van der Waals surface area contributed by atoms with E-state index in [2.05, 4.69) is 97.1 Å². The molecule has 198 valence electrons. The van der Waals surface area contributed by atoms with Crippen LogP contribution in [0.5, 0.6) is 0 Å². The van der Waals surface area contributed by atoms with E-state index in [1.54, 1.807) is 0 Å². The Morgan fingerprint density at radius 2 is 1.53 bits per heavy atom. The fraction of sp³-hybridized carbons (Fsp3) is 0.303. The predicted octanol–water partition coefficient (Wildman–Crippen LogP) is 7.65. The first-order valence-electron chi connectivity index (χ1n) is 13.4. The van der Waals surface area contributed by atoms with Crippen LogP contribution in [-0.2, 0) is 33.8 Å². The number of nitrogens with zero attached hydrogens (tertiary/aromatic N) is 1. The second-order valence-corrected chi connectivity index (χ2v) is 16.5. The molecule has 4 aromatic rings. The highest BCUT2D eigenvalue weighted by molar-refractivity contribution is 6.76. The molecule has 0 N–H and O–H groups in total. The molecule has 0 saturated carbocycles. The summed E-state index contributed by atoms with van der Waals surface area (Å²) in [6, 6.07) is 30.0. The predicted molar refractivity (Wildman–Crippen MR) is 159 cm³/mol. The maximum atomic E-state index is 12.8. The number of fused-ring (bicyclic) bond motifs is 1. The highest BCUT2D eigenvalue weighted by atomic mass is 28.3. The molecular formula is C33H39NO3Si. The summed E-state index contributed by atoms with van der Waals surface area (Å²) in [6.07, 6.45) is 5.31. The number of esters is 1. The molecule has 0 aliphatic carbocycles. The van der Waals surface area contributed by atoms with Crippen LogP contribution < -0.4 is 0 Å². The number of carbonyl (C=O) groups excluding carboxylic acids is 1. The smallest absolute Gasteiger partial charge is 0.309 e. The Morgan fingerprint density at radius 1 is 0.868 bits per heavy atom. The van der Waals surface area contributed by atoms with E-state index in [4.69, 9.17) is 9.47 Å². The number of rotatable bonds is 13. The van der Waals surface area contributed by atoms with Gasteiger partial charge in [-0.3, -0.25) is 4.79 Å². The summed E-state index contributed by atoms with van der Waals surface area (Å²) in [6.45, 7) is 9.23. The quantitative estimate of drug-likeness (QED) is 0.0779. The molecular weight excluding hydrogens is 486 g/mol. The first-order chi connectivity index (χ1) is 18.4. The third-order valence-corrected chi connectivity index (χ3v) is 7.95.